The van der Waals surface area contributed by atoms with Gasteiger partial charge in [0.1, 0.15) is 23.9 Å². The minimum atomic E-state index is -1.12. The molecule has 0 aliphatic heterocycles. The lowest BCUT2D eigenvalue weighted by molar-refractivity contribution is 0.0697. The van der Waals surface area contributed by atoms with E-state index in [0.717, 1.165) is 0 Å². The summed E-state index contributed by atoms with van der Waals surface area (Å²) in [6, 6.07) is 14.2. The van der Waals surface area contributed by atoms with Crippen molar-refractivity contribution in [1.29, 1.82) is 0 Å². The Labute approximate surface area is 168 Å². The fourth-order valence-electron chi connectivity index (χ4n) is 2.77. The molecule has 3 rings (SSSR count). The van der Waals surface area contributed by atoms with Crippen LogP contribution in [-0.4, -0.2) is 50.7 Å². The number of benzene rings is 2. The van der Waals surface area contributed by atoms with Crippen LogP contribution in [0.1, 0.15) is 10.4 Å². The second kappa shape index (κ2) is 9.01. The van der Waals surface area contributed by atoms with Crippen LogP contribution in [-0.2, 0) is 0 Å². The van der Waals surface area contributed by atoms with Crippen LogP contribution < -0.4 is 19.1 Å². The highest BCUT2D eigenvalue weighted by Gasteiger charge is 2.26. The molecule has 1 aromatic heterocycles. The average molecular weight is 398 g/mol. The van der Waals surface area contributed by atoms with Gasteiger partial charge in [-0.1, -0.05) is 11.2 Å². The zero-order valence-electron chi connectivity index (χ0n) is 16.4. The van der Waals surface area contributed by atoms with Crippen molar-refractivity contribution in [3.05, 3.63) is 54.1 Å². The van der Waals surface area contributed by atoms with E-state index >= 15 is 0 Å². The number of carboxylic acid groups (broad SMARTS) is 1. The van der Waals surface area contributed by atoms with E-state index in [9.17, 15) is 9.90 Å². The van der Waals surface area contributed by atoms with Crippen LogP contribution in [0.25, 0.3) is 11.3 Å². The third kappa shape index (κ3) is 4.60. The lowest BCUT2D eigenvalue weighted by Crippen LogP contribution is -2.25. The Morgan fingerprint density at radius 2 is 1.76 bits per heavy atom. The van der Waals surface area contributed by atoms with E-state index in [0.29, 0.717) is 36.0 Å². The highest BCUT2D eigenvalue weighted by atomic mass is 16.5. The quantitative estimate of drug-likeness (QED) is 0.585. The maximum atomic E-state index is 11.9. The number of aromatic carboxylic acids is 1. The number of nitrogens with zero attached hydrogens (tertiary/aromatic N) is 2. The largest absolute Gasteiger partial charge is 0.497 e. The molecule has 8 nitrogen and oxygen atoms in total. The number of ether oxygens (including phenoxy) is 3. The minimum Gasteiger partial charge on any atom is -0.497 e. The number of rotatable bonds is 9. The lowest BCUT2D eigenvalue weighted by atomic mass is 10.1. The molecule has 29 heavy (non-hydrogen) atoms. The standard InChI is InChI=1S/C21H22N2O6/c1-23(11-12-28-17-6-4-5-16(13-17)27-3)20-18(21(24)25)19(29-22-20)14-7-9-15(26-2)10-8-14/h4-10,13H,11-12H2,1-3H3,(H,24,25). The summed E-state index contributed by atoms with van der Waals surface area (Å²) < 4.78 is 21.4. The SMILES string of the molecule is COc1ccc(-c2onc(N(C)CCOc3cccc(OC)c3)c2C(=O)O)cc1. The van der Waals surface area contributed by atoms with E-state index in [1.807, 2.05) is 18.2 Å². The first-order valence-electron chi connectivity index (χ1n) is 8.89. The van der Waals surface area contributed by atoms with E-state index in [2.05, 4.69) is 5.16 Å². The van der Waals surface area contributed by atoms with E-state index in [1.54, 1.807) is 56.5 Å². The molecule has 0 radical (unpaired) electrons. The number of carbonyl (C=O) groups is 1. The molecule has 0 aliphatic rings. The van der Waals surface area contributed by atoms with Gasteiger partial charge in [0.25, 0.3) is 0 Å². The van der Waals surface area contributed by atoms with Gasteiger partial charge in [0.2, 0.25) is 0 Å². The molecule has 8 heteroatoms. The van der Waals surface area contributed by atoms with E-state index < -0.39 is 5.97 Å². The lowest BCUT2D eigenvalue weighted by Gasteiger charge is -2.17. The predicted octanol–water partition coefficient (Wildman–Crippen LogP) is 3.57. The second-order valence-electron chi connectivity index (χ2n) is 6.19. The van der Waals surface area contributed by atoms with Gasteiger partial charge in [-0.2, -0.15) is 0 Å². The molecular weight excluding hydrogens is 376 g/mol. The monoisotopic (exact) mass is 398 g/mol. The van der Waals surface area contributed by atoms with Crippen LogP contribution in [0.15, 0.2) is 53.1 Å². The number of hydrogen-bond donors (Lipinski definition) is 1. The van der Waals surface area contributed by atoms with Crippen LogP contribution in [0.5, 0.6) is 17.2 Å². The van der Waals surface area contributed by atoms with Gasteiger partial charge in [-0.3, -0.25) is 0 Å². The van der Waals surface area contributed by atoms with Crippen LogP contribution in [0.4, 0.5) is 5.82 Å². The Morgan fingerprint density at radius 3 is 2.41 bits per heavy atom. The molecule has 3 aromatic rings. The van der Waals surface area contributed by atoms with Crippen molar-refractivity contribution in [2.24, 2.45) is 0 Å². The van der Waals surface area contributed by atoms with Gasteiger partial charge in [-0.05, 0) is 36.4 Å². The molecule has 0 atom stereocenters. The number of methoxy groups -OCH3 is 2. The Bertz CT molecular complexity index is 968. The summed E-state index contributed by atoms with van der Waals surface area (Å²) >= 11 is 0. The third-order valence-electron chi connectivity index (χ3n) is 4.34. The van der Waals surface area contributed by atoms with E-state index in [4.69, 9.17) is 18.7 Å². The Hall–Kier alpha value is -3.68. The van der Waals surface area contributed by atoms with Crippen LogP contribution in [0.2, 0.25) is 0 Å². The summed E-state index contributed by atoms with van der Waals surface area (Å²) in [5.74, 6) is 1.33. The highest BCUT2D eigenvalue weighted by Crippen LogP contribution is 2.32. The maximum Gasteiger partial charge on any atom is 0.343 e. The van der Waals surface area contributed by atoms with E-state index in [1.165, 1.54) is 0 Å². The normalized spacial score (nSPS) is 10.4. The summed E-state index contributed by atoms with van der Waals surface area (Å²) in [6.45, 7) is 0.736. The van der Waals surface area contributed by atoms with E-state index in [-0.39, 0.29) is 17.1 Å². The predicted molar refractivity (Wildman–Crippen MR) is 107 cm³/mol. The molecule has 0 saturated heterocycles. The molecule has 0 aliphatic carbocycles. The minimum absolute atomic E-state index is 0.000882. The molecular formula is C21H22N2O6. The first kappa shape index (κ1) is 20.1. The van der Waals surface area contributed by atoms with Crippen molar-refractivity contribution < 1.29 is 28.6 Å². The van der Waals surface area contributed by atoms with Crippen molar-refractivity contribution in [1.82, 2.24) is 5.16 Å². The number of hydrogen-bond acceptors (Lipinski definition) is 7. The first-order chi connectivity index (χ1) is 14.0. The molecule has 0 fully saturated rings. The molecule has 0 bridgehead atoms. The number of aromatic nitrogens is 1. The zero-order valence-corrected chi connectivity index (χ0v) is 16.4. The first-order valence-corrected chi connectivity index (χ1v) is 8.89. The topological polar surface area (TPSA) is 94.3 Å². The van der Waals surface area contributed by atoms with Gasteiger partial charge in [-0.25, -0.2) is 4.79 Å². The average Bonchev–Trinajstić information content (AvgIpc) is 3.19. The van der Waals surface area contributed by atoms with Gasteiger partial charge in [0.05, 0.1) is 20.8 Å². The molecule has 0 spiro atoms. The molecule has 152 valence electrons. The summed E-state index contributed by atoms with van der Waals surface area (Å²) in [4.78, 5) is 13.6. The van der Waals surface area contributed by atoms with Crippen molar-refractivity contribution in [2.75, 3.05) is 39.3 Å². The smallest absolute Gasteiger partial charge is 0.343 e. The highest BCUT2D eigenvalue weighted by molar-refractivity contribution is 5.99. The molecule has 0 saturated carbocycles. The van der Waals surface area contributed by atoms with Crippen LogP contribution >= 0.6 is 0 Å². The van der Waals surface area contributed by atoms with Crippen molar-refractivity contribution in [3.8, 4) is 28.6 Å². The fraction of sp³-hybridized carbons (Fsp3) is 0.238. The summed E-state index contributed by atoms with van der Waals surface area (Å²) in [6.07, 6.45) is 0. The van der Waals surface area contributed by atoms with Crippen LogP contribution in [0, 0.1) is 0 Å². The van der Waals surface area contributed by atoms with Crippen molar-refractivity contribution in [2.45, 2.75) is 0 Å². The maximum absolute atomic E-state index is 11.9. The molecule has 2 aromatic carbocycles. The molecule has 1 N–H and O–H groups in total. The number of carboxylic acids is 1. The molecule has 0 unspecified atom stereocenters. The number of likely N-dealkylation sites (N-methyl/N-ethyl adjacent to an activating group) is 1. The Balaban J connectivity index is 1.73. The van der Waals surface area contributed by atoms with Crippen molar-refractivity contribution in [3.63, 3.8) is 0 Å². The second-order valence-corrected chi connectivity index (χ2v) is 6.19. The third-order valence-corrected chi connectivity index (χ3v) is 4.34. The van der Waals surface area contributed by atoms with Gasteiger partial charge >= 0.3 is 5.97 Å². The summed E-state index contributed by atoms with van der Waals surface area (Å²) in [5, 5.41) is 13.7. The van der Waals surface area contributed by atoms with Gasteiger partial charge in [0.15, 0.2) is 17.1 Å². The summed E-state index contributed by atoms with van der Waals surface area (Å²) in [5.41, 5.74) is 0.599. The Morgan fingerprint density at radius 1 is 1.07 bits per heavy atom. The summed E-state index contributed by atoms with van der Waals surface area (Å²) in [7, 11) is 4.88. The van der Waals surface area contributed by atoms with Gasteiger partial charge < -0.3 is 28.7 Å². The van der Waals surface area contributed by atoms with Gasteiger partial charge in [-0.15, -0.1) is 0 Å². The van der Waals surface area contributed by atoms with Crippen LogP contribution in [0.3, 0.4) is 0 Å². The zero-order chi connectivity index (χ0) is 20.8. The fourth-order valence-corrected chi connectivity index (χ4v) is 2.77. The van der Waals surface area contributed by atoms with Gasteiger partial charge in [0, 0.05) is 18.7 Å². The Kier molecular flexibility index (Phi) is 6.23. The molecule has 1 heterocycles. The van der Waals surface area contributed by atoms with Crippen molar-refractivity contribution >= 4 is 11.8 Å². The molecule has 0 amide bonds. The number of anilines is 1.